The maximum Gasteiger partial charge on any atom is 0.364 e. The van der Waals surface area contributed by atoms with Crippen molar-refractivity contribution in [3.63, 3.8) is 0 Å². The second-order valence-electron chi connectivity index (χ2n) is 5.05. The summed E-state index contributed by atoms with van der Waals surface area (Å²) >= 11 is 0. The SMILES string of the molecule is CC(=O)OC1C=CC(OC(OP=O)C(=O)OCc2ccccc2)C1. The lowest BCUT2D eigenvalue weighted by molar-refractivity contribution is -0.183. The third-order valence-corrected chi connectivity index (χ3v) is 3.45. The number of carbonyl (C=O) groups is 2. The van der Waals surface area contributed by atoms with E-state index in [1.165, 1.54) is 6.92 Å². The molecule has 0 aliphatic heterocycles. The molecule has 128 valence electrons. The van der Waals surface area contributed by atoms with E-state index in [0.717, 1.165) is 5.56 Å². The molecule has 0 amide bonds. The number of carbonyl (C=O) groups excluding carboxylic acids is 2. The topological polar surface area (TPSA) is 88.1 Å². The van der Waals surface area contributed by atoms with Crippen LogP contribution in [0.5, 0.6) is 0 Å². The number of ether oxygens (including phenoxy) is 3. The molecule has 0 N–H and O–H groups in total. The van der Waals surface area contributed by atoms with E-state index in [2.05, 4.69) is 0 Å². The molecule has 3 unspecified atom stereocenters. The molecule has 0 bridgehead atoms. The molecule has 0 saturated carbocycles. The minimum atomic E-state index is -1.43. The lowest BCUT2D eigenvalue weighted by atomic mass is 10.2. The van der Waals surface area contributed by atoms with Crippen LogP contribution in [0.25, 0.3) is 0 Å². The average molecular weight is 352 g/mol. The van der Waals surface area contributed by atoms with Crippen molar-refractivity contribution in [1.82, 2.24) is 0 Å². The number of esters is 2. The first-order valence-corrected chi connectivity index (χ1v) is 8.01. The van der Waals surface area contributed by atoms with Crippen molar-refractivity contribution in [2.75, 3.05) is 0 Å². The second kappa shape index (κ2) is 9.27. The fraction of sp³-hybridized carbons (Fsp3) is 0.375. The van der Waals surface area contributed by atoms with Crippen LogP contribution in [-0.2, 0) is 39.5 Å². The van der Waals surface area contributed by atoms with E-state index in [0.29, 0.717) is 6.42 Å². The van der Waals surface area contributed by atoms with Gasteiger partial charge in [-0.2, -0.15) is 0 Å². The molecule has 0 heterocycles. The lowest BCUT2D eigenvalue weighted by Crippen LogP contribution is -2.31. The summed E-state index contributed by atoms with van der Waals surface area (Å²) < 4.78 is 31.0. The van der Waals surface area contributed by atoms with Gasteiger partial charge in [-0.05, 0) is 11.6 Å². The lowest BCUT2D eigenvalue weighted by Gasteiger charge is -2.18. The van der Waals surface area contributed by atoms with E-state index in [-0.39, 0.29) is 6.61 Å². The summed E-state index contributed by atoms with van der Waals surface area (Å²) in [7, 11) is -0.701. The molecule has 0 radical (unpaired) electrons. The molecular formula is C16H17O7P. The van der Waals surface area contributed by atoms with E-state index in [4.69, 9.17) is 18.7 Å². The van der Waals surface area contributed by atoms with Gasteiger partial charge < -0.3 is 14.2 Å². The monoisotopic (exact) mass is 352 g/mol. The highest BCUT2D eigenvalue weighted by Gasteiger charge is 2.30. The highest BCUT2D eigenvalue weighted by Crippen LogP contribution is 2.21. The minimum Gasteiger partial charge on any atom is -0.458 e. The summed E-state index contributed by atoms with van der Waals surface area (Å²) in [5.74, 6) is -1.19. The first-order valence-electron chi connectivity index (χ1n) is 7.28. The first-order chi connectivity index (χ1) is 11.6. The highest BCUT2D eigenvalue weighted by molar-refractivity contribution is 7.17. The predicted octanol–water partition coefficient (Wildman–Crippen LogP) is 2.56. The molecule has 7 nitrogen and oxygen atoms in total. The van der Waals surface area contributed by atoms with Gasteiger partial charge in [-0.15, -0.1) is 0 Å². The van der Waals surface area contributed by atoms with Crippen molar-refractivity contribution in [2.45, 2.75) is 38.4 Å². The third-order valence-electron chi connectivity index (χ3n) is 3.18. The van der Waals surface area contributed by atoms with Gasteiger partial charge in [0.1, 0.15) is 12.7 Å². The molecule has 0 fully saturated rings. The summed E-state index contributed by atoms with van der Waals surface area (Å²) in [6, 6.07) is 9.10. The minimum absolute atomic E-state index is 0.0508. The summed E-state index contributed by atoms with van der Waals surface area (Å²) in [6.45, 7) is 1.36. The van der Waals surface area contributed by atoms with Crippen molar-refractivity contribution >= 4 is 20.6 Å². The molecule has 2 rings (SSSR count). The number of hydrogen-bond acceptors (Lipinski definition) is 7. The van der Waals surface area contributed by atoms with Crippen molar-refractivity contribution in [2.24, 2.45) is 0 Å². The van der Waals surface area contributed by atoms with Crippen molar-refractivity contribution in [3.05, 3.63) is 48.0 Å². The van der Waals surface area contributed by atoms with Crippen molar-refractivity contribution < 1.29 is 32.9 Å². The largest absolute Gasteiger partial charge is 0.458 e. The van der Waals surface area contributed by atoms with Crippen LogP contribution in [0.1, 0.15) is 18.9 Å². The number of hydrogen-bond donors (Lipinski definition) is 0. The molecule has 8 heteroatoms. The summed E-state index contributed by atoms with van der Waals surface area (Å²) in [4.78, 5) is 22.9. The van der Waals surface area contributed by atoms with E-state index < -0.39 is 39.1 Å². The Morgan fingerprint density at radius 1 is 1.21 bits per heavy atom. The van der Waals surface area contributed by atoms with Crippen molar-refractivity contribution in [3.8, 4) is 0 Å². The normalized spacial score (nSPS) is 20.7. The van der Waals surface area contributed by atoms with Crippen molar-refractivity contribution in [1.29, 1.82) is 0 Å². The van der Waals surface area contributed by atoms with Crippen LogP contribution >= 0.6 is 8.69 Å². The standard InChI is InChI=1S/C16H17O7P/c1-11(17)21-13-7-8-14(9-13)22-16(23-24-19)15(18)20-10-12-5-3-2-4-6-12/h2-8,13-14,16H,9-10H2,1H3. The first kappa shape index (κ1) is 18.3. The number of rotatable bonds is 8. The second-order valence-corrected chi connectivity index (χ2v) is 5.41. The Kier molecular flexibility index (Phi) is 7.06. The van der Waals surface area contributed by atoms with Crippen LogP contribution in [0.15, 0.2) is 42.5 Å². The van der Waals surface area contributed by atoms with E-state index in [9.17, 15) is 14.2 Å². The Labute approximate surface area is 140 Å². The van der Waals surface area contributed by atoms with Gasteiger partial charge in [-0.1, -0.05) is 36.4 Å². The molecule has 0 spiro atoms. The average Bonchev–Trinajstić information content (AvgIpc) is 2.99. The van der Waals surface area contributed by atoms with Gasteiger partial charge in [0.15, 0.2) is 0 Å². The predicted molar refractivity (Wildman–Crippen MR) is 82.9 cm³/mol. The van der Waals surface area contributed by atoms with Gasteiger partial charge in [-0.3, -0.25) is 9.32 Å². The molecule has 1 aliphatic rings. The van der Waals surface area contributed by atoms with Gasteiger partial charge in [-0.25, -0.2) is 9.36 Å². The summed E-state index contributed by atoms with van der Waals surface area (Å²) in [5.41, 5.74) is 0.806. The molecule has 0 saturated heterocycles. The van der Waals surface area contributed by atoms with Crippen LogP contribution in [-0.4, -0.2) is 30.4 Å². The van der Waals surface area contributed by atoms with Crippen LogP contribution < -0.4 is 0 Å². The molecule has 1 aromatic rings. The molecule has 24 heavy (non-hydrogen) atoms. The smallest absolute Gasteiger partial charge is 0.364 e. The zero-order valence-corrected chi connectivity index (χ0v) is 13.9. The van der Waals surface area contributed by atoms with Crippen LogP contribution in [0, 0.1) is 0 Å². The highest BCUT2D eigenvalue weighted by atomic mass is 31.1. The molecule has 0 aromatic heterocycles. The molecule has 1 aromatic carbocycles. The summed E-state index contributed by atoms with van der Waals surface area (Å²) in [6.07, 6.45) is 1.30. The van der Waals surface area contributed by atoms with E-state index in [1.54, 1.807) is 24.3 Å². The van der Waals surface area contributed by atoms with E-state index >= 15 is 0 Å². The Morgan fingerprint density at radius 2 is 1.92 bits per heavy atom. The fourth-order valence-electron chi connectivity index (χ4n) is 2.15. The Morgan fingerprint density at radius 3 is 2.58 bits per heavy atom. The molecular weight excluding hydrogens is 335 g/mol. The summed E-state index contributed by atoms with van der Waals surface area (Å²) in [5, 5.41) is 0. The Bertz CT molecular complexity index is 602. The zero-order chi connectivity index (χ0) is 17.4. The maximum absolute atomic E-state index is 12.0. The molecule has 3 atom stereocenters. The number of benzene rings is 1. The third kappa shape index (κ3) is 5.85. The van der Waals surface area contributed by atoms with Gasteiger partial charge in [0.05, 0.1) is 6.10 Å². The van der Waals surface area contributed by atoms with Gasteiger partial charge in [0.2, 0.25) is 0 Å². The molecule has 1 aliphatic carbocycles. The van der Waals surface area contributed by atoms with Gasteiger partial charge in [0.25, 0.3) is 6.29 Å². The Balaban J connectivity index is 1.85. The fourth-order valence-corrected chi connectivity index (χ4v) is 2.37. The van der Waals surface area contributed by atoms with Gasteiger partial charge >= 0.3 is 20.6 Å². The van der Waals surface area contributed by atoms with E-state index in [1.807, 2.05) is 18.2 Å². The van der Waals surface area contributed by atoms with Crippen LogP contribution in [0.4, 0.5) is 0 Å². The zero-order valence-electron chi connectivity index (χ0n) is 13.0. The maximum atomic E-state index is 12.0. The van der Waals surface area contributed by atoms with Crippen LogP contribution in [0.3, 0.4) is 0 Å². The Hall–Kier alpha value is -2.08. The quantitative estimate of drug-likeness (QED) is 0.307. The van der Waals surface area contributed by atoms with Crippen LogP contribution in [0.2, 0.25) is 0 Å². The van der Waals surface area contributed by atoms with Gasteiger partial charge in [0, 0.05) is 13.3 Å².